The van der Waals surface area contributed by atoms with Crippen LogP contribution in [0.4, 0.5) is 0 Å². The van der Waals surface area contributed by atoms with Gasteiger partial charge in [-0.2, -0.15) is 0 Å². The standard InChI is InChI=1S/C23H36O4/c1-7-9-12-20(16-18(3)4)26-22(24)14-11-15-23(25)27-21(13-10-8-2)17-19(5)6/h18-21H,7-8,11,14-17H2,1-6H3. The van der Waals surface area contributed by atoms with E-state index in [9.17, 15) is 9.59 Å². The zero-order valence-corrected chi connectivity index (χ0v) is 17.9. The Morgan fingerprint density at radius 1 is 0.741 bits per heavy atom. The van der Waals surface area contributed by atoms with Gasteiger partial charge >= 0.3 is 11.9 Å². The molecular formula is C23H36O4. The molecule has 4 nitrogen and oxygen atoms in total. The van der Waals surface area contributed by atoms with Gasteiger partial charge in [0.15, 0.2) is 12.2 Å². The second-order valence-corrected chi connectivity index (χ2v) is 7.42. The molecule has 0 aromatic rings. The number of hydrogen-bond donors (Lipinski definition) is 0. The fourth-order valence-corrected chi connectivity index (χ4v) is 2.37. The molecule has 0 fully saturated rings. The van der Waals surface area contributed by atoms with Gasteiger partial charge in [-0.05, 0) is 31.1 Å². The van der Waals surface area contributed by atoms with E-state index in [0.29, 0.717) is 31.1 Å². The molecule has 0 saturated carbocycles. The highest BCUT2D eigenvalue weighted by Crippen LogP contribution is 2.12. The number of carbonyl (C=O) groups excluding carboxylic acids is 2. The van der Waals surface area contributed by atoms with E-state index in [1.165, 1.54) is 0 Å². The van der Waals surface area contributed by atoms with Gasteiger partial charge in [-0.1, -0.05) is 65.2 Å². The second kappa shape index (κ2) is 15.2. The Morgan fingerprint density at radius 3 is 1.41 bits per heavy atom. The van der Waals surface area contributed by atoms with Crippen LogP contribution < -0.4 is 0 Å². The Labute approximate surface area is 165 Å². The molecule has 2 atom stereocenters. The van der Waals surface area contributed by atoms with Gasteiger partial charge in [0, 0.05) is 25.7 Å². The summed E-state index contributed by atoms with van der Waals surface area (Å²) in [5.74, 6) is 12.1. The maximum absolute atomic E-state index is 12.0. The molecule has 152 valence electrons. The topological polar surface area (TPSA) is 52.6 Å². The third-order valence-corrected chi connectivity index (χ3v) is 3.56. The van der Waals surface area contributed by atoms with Gasteiger partial charge in [0.25, 0.3) is 0 Å². The molecule has 2 unspecified atom stereocenters. The Bertz CT molecular complexity index is 504. The summed E-state index contributed by atoms with van der Waals surface area (Å²) in [6.45, 7) is 12.2. The summed E-state index contributed by atoms with van der Waals surface area (Å²) in [4.78, 5) is 24.0. The summed E-state index contributed by atoms with van der Waals surface area (Å²) in [6, 6.07) is 0. The summed E-state index contributed by atoms with van der Waals surface area (Å²) in [6.07, 6.45) is 2.94. The minimum absolute atomic E-state index is 0.187. The SMILES string of the molecule is CCC#CC(CC(C)C)OC(=O)CCCC(=O)OC(C#CCC)CC(C)C. The average Bonchev–Trinajstić information content (AvgIpc) is 2.56. The largest absolute Gasteiger partial charge is 0.449 e. The van der Waals surface area contributed by atoms with E-state index >= 15 is 0 Å². The van der Waals surface area contributed by atoms with Crippen molar-refractivity contribution in [3.63, 3.8) is 0 Å². The minimum Gasteiger partial charge on any atom is -0.449 e. The lowest BCUT2D eigenvalue weighted by atomic mass is 10.1. The number of rotatable bonds is 10. The van der Waals surface area contributed by atoms with E-state index < -0.39 is 0 Å². The van der Waals surface area contributed by atoms with Crippen LogP contribution >= 0.6 is 0 Å². The maximum Gasteiger partial charge on any atom is 0.307 e. The average molecular weight is 377 g/mol. The smallest absolute Gasteiger partial charge is 0.307 e. The molecule has 0 aliphatic rings. The van der Waals surface area contributed by atoms with Crippen molar-refractivity contribution >= 4 is 11.9 Å². The van der Waals surface area contributed by atoms with Crippen LogP contribution in [0.3, 0.4) is 0 Å². The molecule has 0 aromatic heterocycles. The van der Waals surface area contributed by atoms with Gasteiger partial charge in [-0.25, -0.2) is 0 Å². The van der Waals surface area contributed by atoms with Crippen molar-refractivity contribution in [1.29, 1.82) is 0 Å². The third-order valence-electron chi connectivity index (χ3n) is 3.56. The summed E-state index contributed by atoms with van der Waals surface area (Å²) >= 11 is 0. The Balaban J connectivity index is 4.38. The number of hydrogen-bond acceptors (Lipinski definition) is 4. The zero-order chi connectivity index (χ0) is 20.7. The van der Waals surface area contributed by atoms with Crippen molar-refractivity contribution < 1.29 is 19.1 Å². The lowest BCUT2D eigenvalue weighted by Gasteiger charge is -2.15. The minimum atomic E-state index is -0.371. The summed E-state index contributed by atoms with van der Waals surface area (Å²) < 4.78 is 10.9. The highest BCUT2D eigenvalue weighted by molar-refractivity contribution is 5.73. The van der Waals surface area contributed by atoms with Gasteiger partial charge in [-0.15, -0.1) is 0 Å². The normalized spacial score (nSPS) is 12.4. The van der Waals surface area contributed by atoms with Gasteiger partial charge < -0.3 is 9.47 Å². The highest BCUT2D eigenvalue weighted by Gasteiger charge is 2.16. The molecule has 0 heterocycles. The lowest BCUT2D eigenvalue weighted by Crippen LogP contribution is -2.20. The van der Waals surface area contributed by atoms with E-state index in [4.69, 9.17) is 9.47 Å². The van der Waals surface area contributed by atoms with Crippen LogP contribution in [0.2, 0.25) is 0 Å². The lowest BCUT2D eigenvalue weighted by molar-refractivity contribution is -0.148. The van der Waals surface area contributed by atoms with Crippen molar-refractivity contribution in [2.45, 2.75) is 98.7 Å². The third kappa shape index (κ3) is 14.9. The van der Waals surface area contributed by atoms with Crippen LogP contribution in [0.5, 0.6) is 0 Å². The Morgan fingerprint density at radius 2 is 1.11 bits per heavy atom. The van der Waals surface area contributed by atoms with E-state index in [2.05, 4.69) is 51.4 Å². The first-order valence-electron chi connectivity index (χ1n) is 10.1. The van der Waals surface area contributed by atoms with Crippen LogP contribution in [0.25, 0.3) is 0 Å². The van der Waals surface area contributed by atoms with E-state index in [1.54, 1.807) is 0 Å². The Hall–Kier alpha value is -1.94. The molecule has 0 rings (SSSR count). The molecule has 0 saturated heterocycles. The predicted molar refractivity (Wildman–Crippen MR) is 109 cm³/mol. The molecule has 4 heteroatoms. The highest BCUT2D eigenvalue weighted by atomic mass is 16.5. The maximum atomic E-state index is 12.0. The molecule has 0 aromatic carbocycles. The van der Waals surface area contributed by atoms with Gasteiger partial charge in [0.2, 0.25) is 0 Å². The van der Waals surface area contributed by atoms with Crippen molar-refractivity contribution in [2.75, 3.05) is 0 Å². The number of esters is 2. The summed E-state index contributed by atoms with van der Waals surface area (Å²) in [5, 5.41) is 0. The fourth-order valence-electron chi connectivity index (χ4n) is 2.37. The molecule has 0 N–H and O–H groups in total. The van der Waals surface area contributed by atoms with Crippen LogP contribution in [0.15, 0.2) is 0 Å². The van der Waals surface area contributed by atoms with E-state index in [1.807, 2.05) is 13.8 Å². The second-order valence-electron chi connectivity index (χ2n) is 7.42. The van der Waals surface area contributed by atoms with Crippen LogP contribution in [-0.4, -0.2) is 24.1 Å². The summed E-state index contributed by atoms with van der Waals surface area (Å²) in [7, 11) is 0. The molecule has 0 radical (unpaired) electrons. The van der Waals surface area contributed by atoms with E-state index in [-0.39, 0.29) is 37.0 Å². The monoisotopic (exact) mass is 376 g/mol. The first-order valence-corrected chi connectivity index (χ1v) is 10.1. The van der Waals surface area contributed by atoms with Crippen molar-refractivity contribution in [3.8, 4) is 23.7 Å². The molecule has 0 bridgehead atoms. The summed E-state index contributed by atoms with van der Waals surface area (Å²) in [5.41, 5.74) is 0. The number of ether oxygens (including phenoxy) is 2. The van der Waals surface area contributed by atoms with Crippen molar-refractivity contribution in [1.82, 2.24) is 0 Å². The molecule has 0 aliphatic carbocycles. The van der Waals surface area contributed by atoms with Crippen LogP contribution in [-0.2, 0) is 19.1 Å². The van der Waals surface area contributed by atoms with Crippen molar-refractivity contribution in [2.24, 2.45) is 11.8 Å². The van der Waals surface area contributed by atoms with Gasteiger partial charge in [-0.3, -0.25) is 9.59 Å². The van der Waals surface area contributed by atoms with E-state index in [0.717, 1.165) is 12.8 Å². The Kier molecular flexibility index (Phi) is 14.1. The van der Waals surface area contributed by atoms with Crippen LogP contribution in [0.1, 0.15) is 86.5 Å². The van der Waals surface area contributed by atoms with Crippen LogP contribution in [0, 0.1) is 35.5 Å². The predicted octanol–water partition coefficient (Wildman–Crippen LogP) is 4.90. The molecular weight excluding hydrogens is 340 g/mol. The first kappa shape index (κ1) is 25.1. The van der Waals surface area contributed by atoms with Gasteiger partial charge in [0.1, 0.15) is 0 Å². The van der Waals surface area contributed by atoms with Crippen molar-refractivity contribution in [3.05, 3.63) is 0 Å². The first-order chi connectivity index (χ1) is 12.8. The quantitative estimate of drug-likeness (QED) is 0.402. The molecule has 0 spiro atoms. The zero-order valence-electron chi connectivity index (χ0n) is 17.9. The molecule has 27 heavy (non-hydrogen) atoms. The number of carbonyl (C=O) groups is 2. The molecule has 0 aliphatic heterocycles. The van der Waals surface area contributed by atoms with Gasteiger partial charge in [0.05, 0.1) is 0 Å². The fraction of sp³-hybridized carbons (Fsp3) is 0.739. The molecule has 0 amide bonds.